The first-order valence-corrected chi connectivity index (χ1v) is 4.30. The smallest absolute Gasteiger partial charge is 0.135 e. The Hall–Kier alpha value is -1.09. The summed E-state index contributed by atoms with van der Waals surface area (Å²) >= 11 is 3.34. The number of halogens is 1. The van der Waals surface area contributed by atoms with Crippen LogP contribution in [0.25, 0.3) is 11.3 Å². The molecule has 3 heteroatoms. The zero-order valence-electron chi connectivity index (χ0n) is 6.20. The second-order valence-corrected chi connectivity index (χ2v) is 3.28. The molecule has 0 spiro atoms. The van der Waals surface area contributed by atoms with Crippen molar-refractivity contribution in [2.45, 2.75) is 0 Å². The van der Waals surface area contributed by atoms with Gasteiger partial charge in [0.2, 0.25) is 0 Å². The molecule has 0 saturated heterocycles. The highest BCUT2D eigenvalue weighted by atomic mass is 79.9. The maximum Gasteiger partial charge on any atom is 0.135 e. The largest absolute Gasteiger partial charge is 0.464 e. The summed E-state index contributed by atoms with van der Waals surface area (Å²) in [5, 5.41) is 0. The van der Waals surface area contributed by atoms with Gasteiger partial charge in [-0.15, -0.1) is 0 Å². The molecule has 2 nitrogen and oxygen atoms in total. The molecular weight excluding hydrogens is 218 g/mol. The molecule has 0 aromatic carbocycles. The zero-order chi connectivity index (χ0) is 8.39. The fourth-order valence-electron chi connectivity index (χ4n) is 0.989. The second kappa shape index (κ2) is 3.11. The third kappa shape index (κ3) is 1.41. The van der Waals surface area contributed by atoms with Crippen LogP contribution in [0.15, 0.2) is 45.7 Å². The number of pyridine rings is 1. The van der Waals surface area contributed by atoms with E-state index in [0.717, 1.165) is 15.8 Å². The van der Waals surface area contributed by atoms with Crippen LogP contribution in [0.5, 0.6) is 0 Å². The predicted molar refractivity (Wildman–Crippen MR) is 49.6 cm³/mol. The van der Waals surface area contributed by atoms with E-state index in [1.54, 1.807) is 18.7 Å². The average molecular weight is 224 g/mol. The van der Waals surface area contributed by atoms with Gasteiger partial charge >= 0.3 is 0 Å². The van der Waals surface area contributed by atoms with Crippen LogP contribution in [0.3, 0.4) is 0 Å². The fraction of sp³-hybridized carbons (Fsp3) is 0. The molecule has 2 aromatic heterocycles. The lowest BCUT2D eigenvalue weighted by Crippen LogP contribution is -1.76. The van der Waals surface area contributed by atoms with Gasteiger partial charge in [-0.3, -0.25) is 4.98 Å². The molecule has 0 saturated carbocycles. The SMILES string of the molecule is Brc1cncc(-c2ccco2)c1. The Kier molecular flexibility index (Phi) is 1.96. The Bertz CT molecular complexity index is 370. The Morgan fingerprint density at radius 1 is 1.33 bits per heavy atom. The highest BCUT2D eigenvalue weighted by Gasteiger charge is 1.99. The highest BCUT2D eigenvalue weighted by Crippen LogP contribution is 2.21. The minimum absolute atomic E-state index is 0.837. The van der Waals surface area contributed by atoms with Crippen molar-refractivity contribution in [1.29, 1.82) is 0 Å². The lowest BCUT2D eigenvalue weighted by atomic mass is 10.2. The number of hydrogen-bond donors (Lipinski definition) is 0. The number of nitrogens with zero attached hydrogens (tertiary/aromatic N) is 1. The topological polar surface area (TPSA) is 26.0 Å². The van der Waals surface area contributed by atoms with Gasteiger partial charge in [0, 0.05) is 22.4 Å². The molecule has 12 heavy (non-hydrogen) atoms. The van der Waals surface area contributed by atoms with Gasteiger partial charge in [0.05, 0.1) is 6.26 Å². The molecule has 0 aliphatic rings. The summed E-state index contributed by atoms with van der Waals surface area (Å²) in [6, 6.07) is 5.73. The van der Waals surface area contributed by atoms with E-state index in [0.29, 0.717) is 0 Å². The highest BCUT2D eigenvalue weighted by molar-refractivity contribution is 9.10. The minimum atomic E-state index is 0.837. The summed E-state index contributed by atoms with van der Waals surface area (Å²) in [7, 11) is 0. The van der Waals surface area contributed by atoms with E-state index in [4.69, 9.17) is 4.42 Å². The van der Waals surface area contributed by atoms with Crippen molar-refractivity contribution in [3.8, 4) is 11.3 Å². The van der Waals surface area contributed by atoms with Gasteiger partial charge in [0.1, 0.15) is 5.76 Å². The van der Waals surface area contributed by atoms with E-state index < -0.39 is 0 Å². The van der Waals surface area contributed by atoms with Gasteiger partial charge in [0.25, 0.3) is 0 Å². The van der Waals surface area contributed by atoms with Crippen molar-refractivity contribution in [3.05, 3.63) is 41.3 Å². The Morgan fingerprint density at radius 3 is 2.92 bits per heavy atom. The maximum atomic E-state index is 5.21. The van der Waals surface area contributed by atoms with E-state index in [1.807, 2.05) is 18.2 Å². The minimum Gasteiger partial charge on any atom is -0.464 e. The van der Waals surface area contributed by atoms with Crippen molar-refractivity contribution in [2.24, 2.45) is 0 Å². The number of aromatic nitrogens is 1. The molecule has 0 unspecified atom stereocenters. The summed E-state index contributed by atoms with van der Waals surface area (Å²) in [5.74, 6) is 0.837. The fourth-order valence-corrected chi connectivity index (χ4v) is 1.35. The van der Waals surface area contributed by atoms with Gasteiger partial charge in [-0.2, -0.15) is 0 Å². The maximum absolute atomic E-state index is 5.21. The van der Waals surface area contributed by atoms with E-state index >= 15 is 0 Å². The molecule has 0 aliphatic carbocycles. The first kappa shape index (κ1) is 7.55. The normalized spacial score (nSPS) is 10.1. The number of hydrogen-bond acceptors (Lipinski definition) is 2. The molecule has 0 aliphatic heterocycles. The summed E-state index contributed by atoms with van der Waals surface area (Å²) in [5.41, 5.74) is 0.981. The second-order valence-electron chi connectivity index (χ2n) is 2.37. The summed E-state index contributed by atoms with van der Waals surface area (Å²) in [4.78, 5) is 4.03. The van der Waals surface area contributed by atoms with Crippen LogP contribution in [-0.2, 0) is 0 Å². The van der Waals surface area contributed by atoms with Crippen LogP contribution in [0.4, 0.5) is 0 Å². The molecule has 0 fully saturated rings. The summed E-state index contributed by atoms with van der Waals surface area (Å²) in [6.45, 7) is 0. The lowest BCUT2D eigenvalue weighted by Gasteiger charge is -1.95. The lowest BCUT2D eigenvalue weighted by molar-refractivity contribution is 0.582. The standard InChI is InChI=1S/C9H6BrNO/c10-8-4-7(5-11-6-8)9-2-1-3-12-9/h1-6H. The third-order valence-corrected chi connectivity index (χ3v) is 1.94. The average Bonchev–Trinajstić information content (AvgIpc) is 2.56. The van der Waals surface area contributed by atoms with Crippen molar-refractivity contribution >= 4 is 15.9 Å². The number of rotatable bonds is 1. The van der Waals surface area contributed by atoms with E-state index in [1.165, 1.54) is 0 Å². The van der Waals surface area contributed by atoms with Gasteiger partial charge in [-0.1, -0.05) is 0 Å². The monoisotopic (exact) mass is 223 g/mol. The molecule has 2 heterocycles. The molecular formula is C9H6BrNO. The molecule has 0 N–H and O–H groups in total. The van der Waals surface area contributed by atoms with Crippen LogP contribution in [-0.4, -0.2) is 4.98 Å². The van der Waals surface area contributed by atoms with E-state index in [-0.39, 0.29) is 0 Å². The van der Waals surface area contributed by atoms with Crippen molar-refractivity contribution in [1.82, 2.24) is 4.98 Å². The molecule has 0 bridgehead atoms. The Morgan fingerprint density at radius 2 is 2.25 bits per heavy atom. The zero-order valence-corrected chi connectivity index (χ0v) is 7.78. The van der Waals surface area contributed by atoms with Crippen molar-refractivity contribution in [3.63, 3.8) is 0 Å². The summed E-state index contributed by atoms with van der Waals surface area (Å²) < 4.78 is 6.17. The quantitative estimate of drug-likeness (QED) is 0.743. The molecule has 0 radical (unpaired) electrons. The Balaban J connectivity index is 2.48. The van der Waals surface area contributed by atoms with Crippen molar-refractivity contribution < 1.29 is 4.42 Å². The number of furan rings is 1. The van der Waals surface area contributed by atoms with Gasteiger partial charge in [0.15, 0.2) is 0 Å². The van der Waals surface area contributed by atoms with Crippen molar-refractivity contribution in [2.75, 3.05) is 0 Å². The molecule has 2 aromatic rings. The first-order valence-electron chi connectivity index (χ1n) is 3.51. The van der Waals surface area contributed by atoms with Crippen LogP contribution in [0.2, 0.25) is 0 Å². The predicted octanol–water partition coefficient (Wildman–Crippen LogP) is 3.10. The first-order chi connectivity index (χ1) is 5.86. The molecule has 0 amide bonds. The van der Waals surface area contributed by atoms with Gasteiger partial charge in [-0.05, 0) is 34.1 Å². The van der Waals surface area contributed by atoms with Gasteiger partial charge in [-0.25, -0.2) is 0 Å². The van der Waals surface area contributed by atoms with Crippen LogP contribution >= 0.6 is 15.9 Å². The van der Waals surface area contributed by atoms with E-state index in [9.17, 15) is 0 Å². The van der Waals surface area contributed by atoms with Crippen LogP contribution < -0.4 is 0 Å². The Labute approximate surface area is 78.4 Å². The summed E-state index contributed by atoms with van der Waals surface area (Å²) in [6.07, 6.45) is 5.16. The molecule has 0 atom stereocenters. The third-order valence-electron chi connectivity index (χ3n) is 1.51. The van der Waals surface area contributed by atoms with Crippen LogP contribution in [0.1, 0.15) is 0 Å². The molecule has 2 rings (SSSR count). The van der Waals surface area contributed by atoms with Gasteiger partial charge < -0.3 is 4.42 Å². The van der Waals surface area contributed by atoms with Crippen LogP contribution in [0, 0.1) is 0 Å². The molecule has 60 valence electrons. The van der Waals surface area contributed by atoms with E-state index in [2.05, 4.69) is 20.9 Å².